The molecule has 0 unspecified atom stereocenters. The van der Waals surface area contributed by atoms with Gasteiger partial charge >= 0.3 is 37.7 Å². The summed E-state index contributed by atoms with van der Waals surface area (Å²) < 4.78 is 0. The van der Waals surface area contributed by atoms with E-state index in [0.717, 1.165) is 0 Å². The van der Waals surface area contributed by atoms with Crippen LogP contribution in [-0.4, -0.2) is 0 Å². The van der Waals surface area contributed by atoms with Crippen molar-refractivity contribution in [3.05, 3.63) is 119 Å². The smallest absolute Gasteiger partial charge is 1.00 e. The van der Waals surface area contributed by atoms with Gasteiger partial charge in [-0.3, -0.25) is 0 Å². The summed E-state index contributed by atoms with van der Waals surface area (Å²) in [5, 5.41) is 2.53. The molecule has 0 aromatic heterocycles. The van der Waals surface area contributed by atoms with Gasteiger partial charge in [-0.2, -0.15) is 0 Å². The van der Waals surface area contributed by atoms with Crippen LogP contribution in [0.3, 0.4) is 0 Å². The van der Waals surface area contributed by atoms with E-state index in [1.54, 1.807) is 0 Å². The van der Waals surface area contributed by atoms with Crippen LogP contribution in [0.5, 0.6) is 0 Å². The van der Waals surface area contributed by atoms with Gasteiger partial charge in [0.15, 0.2) is 0 Å². The van der Waals surface area contributed by atoms with Crippen molar-refractivity contribution in [2.45, 2.75) is 0 Å². The monoisotopic (exact) mass is 348 g/mol. The number of fused-ring (bicyclic) bond motifs is 1. The molecule has 0 atom stereocenters. The van der Waals surface area contributed by atoms with Crippen LogP contribution in [0.4, 0.5) is 0 Å². The van der Waals surface area contributed by atoms with Crippen molar-refractivity contribution < 1.29 is 40.6 Å². The first-order valence-electron chi connectivity index (χ1n) is 8.88. The summed E-state index contributed by atoms with van der Waals surface area (Å²) in [5.41, 5.74) is 4.89. The molecule has 4 aromatic rings. The van der Waals surface area contributed by atoms with E-state index in [1.807, 2.05) is 12.1 Å². The number of hydrogen-bond acceptors (Lipinski definition) is 0. The fourth-order valence-corrected chi connectivity index (χ4v) is 3.14. The number of hydrogen-bond donors (Lipinski definition) is 0. The van der Waals surface area contributed by atoms with Crippen molar-refractivity contribution in [1.82, 2.24) is 0 Å². The Morgan fingerprint density at radius 2 is 1.00 bits per heavy atom. The first-order valence-corrected chi connectivity index (χ1v) is 8.88. The molecule has 0 amide bonds. The van der Waals surface area contributed by atoms with Gasteiger partial charge in [0.1, 0.15) is 0 Å². The zero-order valence-corrected chi connectivity index (χ0v) is 16.5. The van der Waals surface area contributed by atoms with Crippen molar-refractivity contribution in [2.75, 3.05) is 0 Å². The van der Waals surface area contributed by atoms with Crippen LogP contribution < -0.4 is 37.7 Å². The molecule has 128 valence electrons. The second-order valence-corrected chi connectivity index (χ2v) is 6.28. The molecule has 0 saturated carbocycles. The molecule has 0 fully saturated rings. The molecule has 0 spiro atoms. The number of benzene rings is 4. The Labute approximate surface area is 194 Å². The van der Waals surface area contributed by atoms with Crippen molar-refractivity contribution in [3.8, 4) is 0 Å². The Morgan fingerprint density at radius 1 is 0.464 bits per heavy atom. The van der Waals surface area contributed by atoms with Crippen LogP contribution in [0.2, 0.25) is 0 Å². The second kappa shape index (κ2) is 11.0. The minimum atomic E-state index is 0. The van der Waals surface area contributed by atoms with Crippen LogP contribution in [0, 0.1) is 0 Å². The van der Waals surface area contributed by atoms with Gasteiger partial charge in [0, 0.05) is 0 Å². The van der Waals surface area contributed by atoms with Gasteiger partial charge in [-0.15, -0.1) is 0 Å². The van der Waals surface area contributed by atoms with E-state index in [0.29, 0.717) is 0 Å². The average molecular weight is 348 g/mol. The summed E-state index contributed by atoms with van der Waals surface area (Å²) in [4.78, 5) is 0. The van der Waals surface area contributed by atoms with Crippen molar-refractivity contribution in [2.24, 2.45) is 0 Å². The first-order chi connectivity index (χ1) is 12.9. The SMILES string of the molecule is C(=Cc1ccc2ccccc2c1C=Cc1ccccc1)c1ccccc1.[H-].[H-].[Li+].[Li+]. The van der Waals surface area contributed by atoms with E-state index in [9.17, 15) is 0 Å². The van der Waals surface area contributed by atoms with Crippen LogP contribution in [-0.2, 0) is 0 Å². The van der Waals surface area contributed by atoms with Gasteiger partial charge in [0.2, 0.25) is 0 Å². The molecular weight excluding hydrogens is 326 g/mol. The van der Waals surface area contributed by atoms with E-state index in [1.165, 1.54) is 33.0 Å². The predicted molar refractivity (Wildman–Crippen MR) is 117 cm³/mol. The molecule has 4 rings (SSSR count). The van der Waals surface area contributed by atoms with Gasteiger partial charge < -0.3 is 2.85 Å². The molecule has 0 saturated heterocycles. The maximum atomic E-state index is 2.22. The molecule has 0 aliphatic heterocycles. The normalized spacial score (nSPS) is 10.7. The summed E-state index contributed by atoms with van der Waals surface area (Å²) in [6, 6.07) is 33.8. The standard InChI is InChI=1S/C26H20.2Li.2H/c1-3-9-21(10-4-1)15-17-24-19-18-23-13-7-8-14-25(23)26(24)20-16-22-11-5-2-6-12-22;;;;/h1-20H;;;;/q;2*+1;2*-1. The topological polar surface area (TPSA) is 0 Å². The average Bonchev–Trinajstić information content (AvgIpc) is 2.72. The van der Waals surface area contributed by atoms with Gasteiger partial charge in [0.25, 0.3) is 0 Å². The van der Waals surface area contributed by atoms with E-state index < -0.39 is 0 Å². The van der Waals surface area contributed by atoms with E-state index in [2.05, 4.69) is 109 Å². The van der Waals surface area contributed by atoms with E-state index in [-0.39, 0.29) is 40.6 Å². The molecule has 0 nitrogen and oxygen atoms in total. The molecule has 0 radical (unpaired) electrons. The molecule has 0 heterocycles. The summed E-state index contributed by atoms with van der Waals surface area (Å²) in [6.45, 7) is 0. The molecule has 0 aliphatic carbocycles. The van der Waals surface area contributed by atoms with E-state index in [4.69, 9.17) is 0 Å². The maximum Gasteiger partial charge on any atom is 1.00 e. The van der Waals surface area contributed by atoms with Gasteiger partial charge in [0.05, 0.1) is 0 Å². The van der Waals surface area contributed by atoms with Gasteiger partial charge in [-0.1, -0.05) is 121 Å². The quantitative estimate of drug-likeness (QED) is 0.387. The van der Waals surface area contributed by atoms with Crippen LogP contribution in [0.1, 0.15) is 25.1 Å². The molecule has 0 aliphatic rings. The minimum Gasteiger partial charge on any atom is -1.00 e. The number of rotatable bonds is 4. The first kappa shape index (κ1) is 22.1. The summed E-state index contributed by atoms with van der Waals surface area (Å²) in [6.07, 6.45) is 8.78. The van der Waals surface area contributed by atoms with Gasteiger partial charge in [-0.25, -0.2) is 0 Å². The Kier molecular flexibility index (Phi) is 8.66. The third-order valence-corrected chi connectivity index (χ3v) is 4.50. The predicted octanol–water partition coefficient (Wildman–Crippen LogP) is 1.41. The third-order valence-electron chi connectivity index (χ3n) is 4.50. The van der Waals surface area contributed by atoms with Crippen LogP contribution in [0.25, 0.3) is 35.1 Å². The zero-order valence-electron chi connectivity index (χ0n) is 18.5. The fraction of sp³-hybridized carbons (Fsp3) is 0. The van der Waals surface area contributed by atoms with Crippen molar-refractivity contribution in [1.29, 1.82) is 0 Å². The molecule has 4 aromatic carbocycles. The Bertz CT molecular complexity index is 1080. The second-order valence-electron chi connectivity index (χ2n) is 6.28. The molecule has 0 bridgehead atoms. The maximum absolute atomic E-state index is 2.22. The largest absolute Gasteiger partial charge is 1.00 e. The summed E-state index contributed by atoms with van der Waals surface area (Å²) >= 11 is 0. The molecule has 2 heteroatoms. The summed E-state index contributed by atoms with van der Waals surface area (Å²) in [7, 11) is 0. The summed E-state index contributed by atoms with van der Waals surface area (Å²) in [5.74, 6) is 0. The van der Waals surface area contributed by atoms with E-state index >= 15 is 0 Å². The van der Waals surface area contributed by atoms with Crippen LogP contribution in [0.15, 0.2) is 97.1 Å². The minimum absolute atomic E-state index is 0. The molecule has 28 heavy (non-hydrogen) atoms. The third kappa shape index (κ3) is 5.42. The molecule has 0 N–H and O–H groups in total. The fourth-order valence-electron chi connectivity index (χ4n) is 3.14. The van der Waals surface area contributed by atoms with Gasteiger partial charge in [-0.05, 0) is 33.0 Å². The Hall–Kier alpha value is -2.19. The molecular formula is C26H22Li2. The van der Waals surface area contributed by atoms with Crippen molar-refractivity contribution in [3.63, 3.8) is 0 Å². The Balaban J connectivity index is 0.00000210. The zero-order chi connectivity index (χ0) is 17.6. The van der Waals surface area contributed by atoms with Crippen LogP contribution >= 0.6 is 0 Å². The van der Waals surface area contributed by atoms with Crippen molar-refractivity contribution >= 4 is 35.1 Å². The Morgan fingerprint density at radius 3 is 1.64 bits per heavy atom.